The fourth-order valence-electron chi connectivity index (χ4n) is 2.10. The minimum absolute atomic E-state index is 0.0282. The van der Waals surface area contributed by atoms with Crippen molar-refractivity contribution in [2.45, 2.75) is 32.4 Å². The third kappa shape index (κ3) is 4.22. The van der Waals surface area contributed by atoms with E-state index < -0.39 is 6.10 Å². The molecular weight excluding hydrogens is 248 g/mol. The summed E-state index contributed by atoms with van der Waals surface area (Å²) in [5, 5.41) is 19.1. The van der Waals surface area contributed by atoms with Gasteiger partial charge in [0.05, 0.1) is 6.10 Å². The topological polar surface area (TPSA) is 44.3 Å². The Hall–Kier alpha value is -1.58. The van der Waals surface area contributed by atoms with Crippen LogP contribution in [0.25, 0.3) is 10.8 Å². The molecule has 0 radical (unpaired) electrons. The highest BCUT2D eigenvalue weighted by atomic mass is 16.3. The maximum absolute atomic E-state index is 10.0. The predicted octanol–water partition coefficient (Wildman–Crippen LogP) is 3.00. The summed E-state index contributed by atoms with van der Waals surface area (Å²) >= 11 is 0. The second-order valence-electron chi connectivity index (χ2n) is 6.19. The van der Waals surface area contributed by atoms with E-state index in [4.69, 9.17) is 0 Å². The molecule has 0 aliphatic carbocycles. The Kier molecular flexibility index (Phi) is 4.63. The number of aliphatic hydroxyl groups is 1. The van der Waals surface area contributed by atoms with Crippen LogP contribution >= 0.6 is 0 Å². The van der Waals surface area contributed by atoms with E-state index in [0.717, 1.165) is 5.69 Å². The lowest BCUT2D eigenvalue weighted by Gasteiger charge is -2.23. The van der Waals surface area contributed by atoms with E-state index in [-0.39, 0.29) is 5.54 Å². The highest BCUT2D eigenvalue weighted by Gasteiger charge is 2.12. The first-order valence-corrected chi connectivity index (χ1v) is 7.10. The Morgan fingerprint density at radius 1 is 1.00 bits per heavy atom. The number of aliphatic hydroxyl groups excluding tert-OH is 1. The van der Waals surface area contributed by atoms with E-state index in [2.05, 4.69) is 49.6 Å². The summed E-state index contributed by atoms with van der Waals surface area (Å²) in [5.74, 6) is 0. The lowest BCUT2D eigenvalue weighted by Crippen LogP contribution is -2.42. The number of hydrogen-bond acceptors (Lipinski definition) is 3. The molecule has 2 aromatic rings. The molecule has 0 aliphatic rings. The average Bonchev–Trinajstić information content (AvgIpc) is 2.42. The molecule has 2 aromatic carbocycles. The van der Waals surface area contributed by atoms with Gasteiger partial charge >= 0.3 is 0 Å². The number of rotatable bonds is 5. The van der Waals surface area contributed by atoms with Gasteiger partial charge in [0.15, 0.2) is 0 Å². The Labute approximate surface area is 121 Å². The minimum atomic E-state index is -0.409. The van der Waals surface area contributed by atoms with Crippen LogP contribution in [0.15, 0.2) is 42.5 Å². The van der Waals surface area contributed by atoms with Crippen molar-refractivity contribution in [3.63, 3.8) is 0 Å². The van der Waals surface area contributed by atoms with Crippen molar-refractivity contribution in [1.82, 2.24) is 5.32 Å². The van der Waals surface area contributed by atoms with Gasteiger partial charge in [0.2, 0.25) is 0 Å². The van der Waals surface area contributed by atoms with Gasteiger partial charge in [0.25, 0.3) is 0 Å². The first-order chi connectivity index (χ1) is 9.46. The number of hydrogen-bond donors (Lipinski definition) is 3. The molecule has 1 atom stereocenters. The fourth-order valence-corrected chi connectivity index (χ4v) is 2.10. The van der Waals surface area contributed by atoms with Crippen LogP contribution in [0.4, 0.5) is 5.69 Å². The van der Waals surface area contributed by atoms with Crippen LogP contribution in [-0.4, -0.2) is 29.8 Å². The van der Waals surface area contributed by atoms with E-state index in [0.29, 0.717) is 13.1 Å². The lowest BCUT2D eigenvalue weighted by molar-refractivity contribution is 0.172. The zero-order valence-corrected chi connectivity index (χ0v) is 12.5. The van der Waals surface area contributed by atoms with Crippen molar-refractivity contribution < 1.29 is 5.11 Å². The van der Waals surface area contributed by atoms with E-state index >= 15 is 0 Å². The third-order valence-electron chi connectivity index (χ3n) is 3.19. The lowest BCUT2D eigenvalue weighted by atomic mass is 10.1. The van der Waals surface area contributed by atoms with Crippen molar-refractivity contribution in [2.24, 2.45) is 0 Å². The van der Waals surface area contributed by atoms with Gasteiger partial charge < -0.3 is 15.7 Å². The maximum Gasteiger partial charge on any atom is 0.0836 e. The molecule has 0 heterocycles. The van der Waals surface area contributed by atoms with Gasteiger partial charge in [-0.25, -0.2) is 0 Å². The van der Waals surface area contributed by atoms with Gasteiger partial charge in [-0.2, -0.15) is 0 Å². The molecule has 0 spiro atoms. The van der Waals surface area contributed by atoms with Gasteiger partial charge in [0.1, 0.15) is 0 Å². The number of β-amino-alcohol motifs (C(OH)–C–C–N with tert-alkyl or cyclic N) is 1. The van der Waals surface area contributed by atoms with Crippen LogP contribution in [0.3, 0.4) is 0 Å². The Balaban J connectivity index is 1.96. The highest BCUT2D eigenvalue weighted by Crippen LogP contribution is 2.22. The molecule has 0 saturated carbocycles. The van der Waals surface area contributed by atoms with E-state index in [9.17, 15) is 5.11 Å². The van der Waals surface area contributed by atoms with Crippen LogP contribution in [-0.2, 0) is 0 Å². The molecule has 1 unspecified atom stereocenters. The second kappa shape index (κ2) is 6.25. The van der Waals surface area contributed by atoms with Crippen LogP contribution < -0.4 is 10.6 Å². The standard InChI is InChI=1S/C17H24N2O/c1-17(2,3)19-12-14(20)11-18-16-10-6-8-13-7-4-5-9-15(13)16/h4-10,14,18-20H,11-12H2,1-3H3. The molecule has 0 fully saturated rings. The van der Waals surface area contributed by atoms with Crippen molar-refractivity contribution in [3.8, 4) is 0 Å². The second-order valence-corrected chi connectivity index (χ2v) is 6.19. The molecule has 20 heavy (non-hydrogen) atoms. The summed E-state index contributed by atoms with van der Waals surface area (Å²) in [6.45, 7) is 7.41. The quantitative estimate of drug-likeness (QED) is 0.784. The van der Waals surface area contributed by atoms with Crippen molar-refractivity contribution in [2.75, 3.05) is 18.4 Å². The summed E-state index contributed by atoms with van der Waals surface area (Å²) in [5.41, 5.74) is 1.10. The molecule has 2 rings (SSSR count). The monoisotopic (exact) mass is 272 g/mol. The number of benzene rings is 2. The highest BCUT2D eigenvalue weighted by molar-refractivity contribution is 5.93. The fraction of sp³-hybridized carbons (Fsp3) is 0.412. The zero-order chi connectivity index (χ0) is 14.6. The first kappa shape index (κ1) is 14.8. The number of anilines is 1. The van der Waals surface area contributed by atoms with E-state index in [1.807, 2.05) is 24.3 Å². The zero-order valence-electron chi connectivity index (χ0n) is 12.5. The molecule has 0 amide bonds. The number of fused-ring (bicyclic) bond motifs is 1. The molecule has 0 aromatic heterocycles. The van der Waals surface area contributed by atoms with E-state index in [1.165, 1.54) is 10.8 Å². The molecule has 3 heteroatoms. The summed E-state index contributed by atoms with van der Waals surface area (Å²) in [4.78, 5) is 0. The Bertz CT molecular complexity index is 555. The summed E-state index contributed by atoms with van der Waals surface area (Å²) in [7, 11) is 0. The normalized spacial score (nSPS) is 13.4. The van der Waals surface area contributed by atoms with E-state index in [1.54, 1.807) is 0 Å². The predicted molar refractivity (Wildman–Crippen MR) is 86.2 cm³/mol. The summed E-state index contributed by atoms with van der Waals surface area (Å²) in [6, 6.07) is 14.4. The molecule has 3 N–H and O–H groups in total. The smallest absolute Gasteiger partial charge is 0.0836 e. The van der Waals surface area contributed by atoms with Crippen molar-refractivity contribution in [3.05, 3.63) is 42.5 Å². The van der Waals surface area contributed by atoms with Gasteiger partial charge in [0, 0.05) is 29.7 Å². The molecule has 0 saturated heterocycles. The van der Waals surface area contributed by atoms with Gasteiger partial charge in [-0.15, -0.1) is 0 Å². The van der Waals surface area contributed by atoms with Crippen molar-refractivity contribution >= 4 is 16.5 Å². The molecule has 108 valence electrons. The van der Waals surface area contributed by atoms with Crippen LogP contribution in [0, 0.1) is 0 Å². The van der Waals surface area contributed by atoms with Crippen molar-refractivity contribution in [1.29, 1.82) is 0 Å². The van der Waals surface area contributed by atoms with Crippen LogP contribution in [0.5, 0.6) is 0 Å². The van der Waals surface area contributed by atoms with Gasteiger partial charge in [-0.05, 0) is 32.2 Å². The van der Waals surface area contributed by atoms with Crippen LogP contribution in [0.2, 0.25) is 0 Å². The molecular formula is C17H24N2O. The van der Waals surface area contributed by atoms with Crippen LogP contribution in [0.1, 0.15) is 20.8 Å². The summed E-state index contributed by atoms with van der Waals surface area (Å²) < 4.78 is 0. The molecule has 3 nitrogen and oxygen atoms in total. The number of nitrogens with one attached hydrogen (secondary N) is 2. The van der Waals surface area contributed by atoms with Gasteiger partial charge in [-0.3, -0.25) is 0 Å². The third-order valence-corrected chi connectivity index (χ3v) is 3.19. The molecule has 0 bridgehead atoms. The first-order valence-electron chi connectivity index (χ1n) is 7.10. The Morgan fingerprint density at radius 3 is 2.45 bits per heavy atom. The summed E-state index contributed by atoms with van der Waals surface area (Å²) in [6.07, 6.45) is -0.409. The largest absolute Gasteiger partial charge is 0.390 e. The maximum atomic E-state index is 10.0. The van der Waals surface area contributed by atoms with Gasteiger partial charge in [-0.1, -0.05) is 36.4 Å². The minimum Gasteiger partial charge on any atom is -0.390 e. The SMILES string of the molecule is CC(C)(C)NCC(O)CNc1cccc2ccccc12. The molecule has 0 aliphatic heterocycles. The average molecular weight is 272 g/mol. The Morgan fingerprint density at radius 2 is 1.70 bits per heavy atom.